The lowest BCUT2D eigenvalue weighted by atomic mass is 10.2. The molecule has 2 aromatic carbocycles. The highest BCUT2D eigenvalue weighted by Crippen LogP contribution is 2.31. The number of carbonyl (C=O) groups is 1. The Balaban J connectivity index is 1.89. The first-order chi connectivity index (χ1) is 13.5. The lowest BCUT2D eigenvalue weighted by Crippen LogP contribution is -2.27. The average molecular weight is 378 g/mol. The molecule has 7 heteroatoms. The minimum atomic E-state index is -0.221. The third-order valence-corrected chi connectivity index (χ3v) is 4.18. The van der Waals surface area contributed by atoms with Crippen molar-refractivity contribution in [3.05, 3.63) is 66.1 Å². The maximum atomic E-state index is 12.9. The lowest BCUT2D eigenvalue weighted by molar-refractivity contribution is 0.0988. The molecule has 0 fully saturated rings. The molecule has 0 bridgehead atoms. The Morgan fingerprint density at radius 1 is 1.00 bits per heavy atom. The molecule has 1 heterocycles. The zero-order valence-corrected chi connectivity index (χ0v) is 16.3. The summed E-state index contributed by atoms with van der Waals surface area (Å²) < 4.78 is 10.6. The van der Waals surface area contributed by atoms with E-state index < -0.39 is 0 Å². The maximum absolute atomic E-state index is 12.9. The predicted octanol–water partition coefficient (Wildman–Crippen LogP) is 3.82. The van der Waals surface area contributed by atoms with Crippen LogP contribution in [0.3, 0.4) is 0 Å². The molecule has 28 heavy (non-hydrogen) atoms. The second kappa shape index (κ2) is 8.39. The number of aryl methyl sites for hydroxylation is 1. The summed E-state index contributed by atoms with van der Waals surface area (Å²) in [4.78, 5) is 23.1. The van der Waals surface area contributed by atoms with E-state index in [1.165, 1.54) is 0 Å². The molecule has 0 aliphatic rings. The van der Waals surface area contributed by atoms with Crippen LogP contribution in [0.2, 0.25) is 0 Å². The summed E-state index contributed by atoms with van der Waals surface area (Å²) >= 11 is 0. The number of rotatable bonds is 6. The third-order valence-electron chi connectivity index (χ3n) is 4.18. The number of benzene rings is 2. The van der Waals surface area contributed by atoms with Gasteiger partial charge < -0.3 is 19.7 Å². The largest absolute Gasteiger partial charge is 0.497 e. The van der Waals surface area contributed by atoms with Crippen molar-refractivity contribution in [2.75, 3.05) is 31.5 Å². The molecule has 1 N–H and O–H groups in total. The van der Waals surface area contributed by atoms with Crippen LogP contribution >= 0.6 is 0 Å². The number of methoxy groups -OCH3 is 2. The fourth-order valence-electron chi connectivity index (χ4n) is 2.72. The van der Waals surface area contributed by atoms with Crippen molar-refractivity contribution in [1.29, 1.82) is 0 Å². The molecule has 0 spiro atoms. The first kappa shape index (κ1) is 19.2. The fraction of sp³-hybridized carbons (Fsp3) is 0.190. The number of ether oxygens (including phenoxy) is 2. The first-order valence-corrected chi connectivity index (χ1v) is 8.69. The van der Waals surface area contributed by atoms with Crippen molar-refractivity contribution >= 4 is 23.1 Å². The highest BCUT2D eigenvalue weighted by atomic mass is 16.5. The summed E-state index contributed by atoms with van der Waals surface area (Å²) in [5, 5.41) is 3.19. The van der Waals surface area contributed by atoms with Gasteiger partial charge in [0.15, 0.2) is 0 Å². The number of aromatic nitrogens is 2. The minimum Gasteiger partial charge on any atom is -0.497 e. The average Bonchev–Trinajstić information content (AvgIpc) is 2.73. The van der Waals surface area contributed by atoms with Crippen molar-refractivity contribution in [2.24, 2.45) is 0 Å². The fourth-order valence-corrected chi connectivity index (χ4v) is 2.72. The second-order valence-corrected chi connectivity index (χ2v) is 6.08. The molecular weight excluding hydrogens is 356 g/mol. The summed E-state index contributed by atoms with van der Waals surface area (Å²) in [5.74, 6) is 2.05. The number of amides is 1. The molecule has 1 amide bonds. The number of anilines is 3. The first-order valence-electron chi connectivity index (χ1n) is 8.69. The van der Waals surface area contributed by atoms with Gasteiger partial charge in [0.2, 0.25) is 0 Å². The predicted molar refractivity (Wildman–Crippen MR) is 109 cm³/mol. The Morgan fingerprint density at radius 3 is 2.43 bits per heavy atom. The van der Waals surface area contributed by atoms with E-state index in [0.717, 1.165) is 5.69 Å². The van der Waals surface area contributed by atoms with Gasteiger partial charge in [-0.1, -0.05) is 18.2 Å². The number of nitrogens with one attached hydrogen (secondary N) is 1. The Bertz CT molecular complexity index is 977. The van der Waals surface area contributed by atoms with Crippen molar-refractivity contribution in [3.63, 3.8) is 0 Å². The molecule has 0 atom stereocenters. The lowest BCUT2D eigenvalue weighted by Gasteiger charge is -2.18. The Hall–Kier alpha value is -3.61. The van der Waals surface area contributed by atoms with E-state index >= 15 is 0 Å². The van der Waals surface area contributed by atoms with Crippen LogP contribution in [0.5, 0.6) is 11.5 Å². The van der Waals surface area contributed by atoms with Gasteiger partial charge in [-0.05, 0) is 31.2 Å². The number of carbonyl (C=O) groups excluding carboxylic acids is 1. The van der Waals surface area contributed by atoms with Gasteiger partial charge in [0.1, 0.15) is 28.8 Å². The molecule has 3 aromatic rings. The molecule has 0 aliphatic carbocycles. The normalized spacial score (nSPS) is 10.3. The SMILES string of the molecule is COc1ccc(Nc2cc(C(=O)N(C)c3ccccc3)nc(C)n2)c(OC)c1. The zero-order chi connectivity index (χ0) is 20.1. The Labute approximate surface area is 164 Å². The smallest absolute Gasteiger partial charge is 0.276 e. The van der Waals surface area contributed by atoms with Crippen molar-refractivity contribution < 1.29 is 14.3 Å². The van der Waals surface area contributed by atoms with Gasteiger partial charge in [-0.2, -0.15) is 0 Å². The van der Waals surface area contributed by atoms with E-state index in [4.69, 9.17) is 9.47 Å². The van der Waals surface area contributed by atoms with Gasteiger partial charge in [-0.3, -0.25) is 4.79 Å². The number of para-hydroxylation sites is 1. The van der Waals surface area contributed by atoms with Crippen LogP contribution in [0.4, 0.5) is 17.2 Å². The third kappa shape index (κ3) is 4.20. The highest BCUT2D eigenvalue weighted by molar-refractivity contribution is 6.04. The van der Waals surface area contributed by atoms with Crippen LogP contribution in [0, 0.1) is 6.92 Å². The summed E-state index contributed by atoms with van der Waals surface area (Å²) in [6.45, 7) is 1.75. The van der Waals surface area contributed by atoms with E-state index in [9.17, 15) is 4.79 Å². The van der Waals surface area contributed by atoms with E-state index in [1.54, 1.807) is 45.2 Å². The molecule has 0 saturated carbocycles. The Morgan fingerprint density at radius 2 is 1.75 bits per heavy atom. The van der Waals surface area contributed by atoms with Crippen molar-refractivity contribution in [2.45, 2.75) is 6.92 Å². The molecule has 0 aliphatic heterocycles. The minimum absolute atomic E-state index is 0.221. The molecule has 7 nitrogen and oxygen atoms in total. The van der Waals surface area contributed by atoms with E-state index in [0.29, 0.717) is 34.5 Å². The topological polar surface area (TPSA) is 76.6 Å². The van der Waals surface area contributed by atoms with Gasteiger partial charge >= 0.3 is 0 Å². The van der Waals surface area contributed by atoms with Crippen LogP contribution in [0.25, 0.3) is 0 Å². The standard InChI is InChI=1S/C21H22N4O3/c1-14-22-18(21(26)25(2)15-8-6-5-7-9-15)13-20(23-14)24-17-11-10-16(27-3)12-19(17)28-4/h5-13H,1-4H3,(H,22,23,24). The quantitative estimate of drug-likeness (QED) is 0.703. The Kier molecular flexibility index (Phi) is 5.74. The summed E-state index contributed by atoms with van der Waals surface area (Å²) in [5.41, 5.74) is 1.79. The van der Waals surface area contributed by atoms with Crippen LogP contribution in [0.15, 0.2) is 54.6 Å². The number of hydrogen-bond donors (Lipinski definition) is 1. The molecular formula is C21H22N4O3. The van der Waals surface area contributed by atoms with Crippen molar-refractivity contribution in [3.8, 4) is 11.5 Å². The highest BCUT2D eigenvalue weighted by Gasteiger charge is 2.17. The van der Waals surface area contributed by atoms with E-state index in [2.05, 4.69) is 15.3 Å². The number of nitrogens with zero attached hydrogens (tertiary/aromatic N) is 3. The molecule has 1 aromatic heterocycles. The van der Waals surface area contributed by atoms with E-state index in [-0.39, 0.29) is 5.91 Å². The molecule has 144 valence electrons. The van der Waals surface area contributed by atoms with E-state index in [1.807, 2.05) is 42.5 Å². The van der Waals surface area contributed by atoms with Gasteiger partial charge in [0.25, 0.3) is 5.91 Å². The second-order valence-electron chi connectivity index (χ2n) is 6.08. The summed E-state index contributed by atoms with van der Waals surface area (Å²) in [7, 11) is 4.89. The summed E-state index contributed by atoms with van der Waals surface area (Å²) in [6, 6.07) is 16.4. The van der Waals surface area contributed by atoms with Gasteiger partial charge in [0.05, 0.1) is 19.9 Å². The van der Waals surface area contributed by atoms with Gasteiger partial charge in [-0.15, -0.1) is 0 Å². The van der Waals surface area contributed by atoms with Crippen LogP contribution in [-0.4, -0.2) is 37.1 Å². The molecule has 0 unspecified atom stereocenters. The monoisotopic (exact) mass is 378 g/mol. The zero-order valence-electron chi connectivity index (χ0n) is 16.3. The van der Waals surface area contributed by atoms with Gasteiger partial charge in [0, 0.05) is 24.9 Å². The maximum Gasteiger partial charge on any atom is 0.276 e. The van der Waals surface area contributed by atoms with Crippen LogP contribution < -0.4 is 19.7 Å². The molecule has 0 saturated heterocycles. The number of hydrogen-bond acceptors (Lipinski definition) is 6. The molecule has 3 rings (SSSR count). The summed E-state index contributed by atoms with van der Waals surface area (Å²) in [6.07, 6.45) is 0. The van der Waals surface area contributed by atoms with Crippen LogP contribution in [-0.2, 0) is 0 Å². The van der Waals surface area contributed by atoms with Gasteiger partial charge in [-0.25, -0.2) is 9.97 Å². The van der Waals surface area contributed by atoms with Crippen LogP contribution in [0.1, 0.15) is 16.3 Å². The van der Waals surface area contributed by atoms with Crippen molar-refractivity contribution in [1.82, 2.24) is 9.97 Å². The molecule has 0 radical (unpaired) electrons.